The highest BCUT2D eigenvalue weighted by atomic mass is 32.1. The standard InChI is InChI=1S/C10H19N5S/c1-4-7(3)13-10(11)12-6-9-15-14-8(5-2)16-9/h7H,4-6H2,1-3H3,(H3,11,12,13). The Morgan fingerprint density at radius 2 is 2.12 bits per heavy atom. The molecule has 1 unspecified atom stereocenters. The second-order valence-corrected chi connectivity index (χ2v) is 4.74. The Morgan fingerprint density at radius 3 is 2.69 bits per heavy atom. The van der Waals surface area contributed by atoms with Crippen LogP contribution in [0.1, 0.15) is 37.2 Å². The smallest absolute Gasteiger partial charge is 0.189 e. The molecule has 0 aliphatic carbocycles. The monoisotopic (exact) mass is 241 g/mol. The molecule has 1 aromatic rings. The topological polar surface area (TPSA) is 76.2 Å². The molecule has 0 saturated carbocycles. The van der Waals surface area contributed by atoms with Gasteiger partial charge in [-0.15, -0.1) is 10.2 Å². The molecule has 1 aromatic heterocycles. The third-order valence-electron chi connectivity index (χ3n) is 2.20. The molecule has 0 spiro atoms. The normalized spacial score (nSPS) is 13.8. The van der Waals surface area contributed by atoms with Crippen LogP contribution in [0, 0.1) is 0 Å². The first-order valence-electron chi connectivity index (χ1n) is 5.53. The molecule has 0 fully saturated rings. The van der Waals surface area contributed by atoms with Gasteiger partial charge in [-0.05, 0) is 19.8 Å². The maximum atomic E-state index is 5.73. The van der Waals surface area contributed by atoms with Crippen LogP contribution >= 0.6 is 11.3 Å². The molecule has 0 aromatic carbocycles. The van der Waals surface area contributed by atoms with Gasteiger partial charge >= 0.3 is 0 Å². The number of rotatable bonds is 5. The molecule has 0 radical (unpaired) electrons. The van der Waals surface area contributed by atoms with Crippen molar-refractivity contribution in [3.8, 4) is 0 Å². The second-order valence-electron chi connectivity index (χ2n) is 3.60. The molecule has 6 heteroatoms. The van der Waals surface area contributed by atoms with E-state index in [1.807, 2.05) is 0 Å². The Bertz CT molecular complexity index is 347. The molecule has 0 aliphatic rings. The van der Waals surface area contributed by atoms with Gasteiger partial charge in [-0.1, -0.05) is 25.2 Å². The Balaban J connectivity index is 2.45. The lowest BCUT2D eigenvalue weighted by Crippen LogP contribution is -2.38. The molecular weight excluding hydrogens is 222 g/mol. The quantitative estimate of drug-likeness (QED) is 0.602. The van der Waals surface area contributed by atoms with Crippen LogP contribution in [0.4, 0.5) is 0 Å². The first kappa shape index (κ1) is 12.9. The van der Waals surface area contributed by atoms with Crippen molar-refractivity contribution in [2.45, 2.75) is 46.2 Å². The van der Waals surface area contributed by atoms with Crippen LogP contribution in [0.2, 0.25) is 0 Å². The number of aliphatic imine (C=N–C) groups is 1. The SMILES string of the molecule is CCc1nnc(CN=C(N)NC(C)CC)s1. The van der Waals surface area contributed by atoms with E-state index in [0.29, 0.717) is 18.5 Å². The number of hydrogen-bond acceptors (Lipinski definition) is 4. The maximum absolute atomic E-state index is 5.73. The molecule has 90 valence electrons. The van der Waals surface area contributed by atoms with E-state index < -0.39 is 0 Å². The molecule has 1 heterocycles. The Labute approximate surface area is 100 Å². The van der Waals surface area contributed by atoms with Gasteiger partial charge in [0.15, 0.2) is 5.96 Å². The van der Waals surface area contributed by atoms with E-state index in [0.717, 1.165) is 22.9 Å². The van der Waals surface area contributed by atoms with E-state index in [9.17, 15) is 0 Å². The number of nitrogens with two attached hydrogens (primary N) is 1. The first-order valence-corrected chi connectivity index (χ1v) is 6.35. The number of aryl methyl sites for hydroxylation is 1. The second kappa shape index (κ2) is 6.42. The summed E-state index contributed by atoms with van der Waals surface area (Å²) >= 11 is 1.59. The summed E-state index contributed by atoms with van der Waals surface area (Å²) in [6.45, 7) is 6.74. The van der Waals surface area contributed by atoms with Crippen molar-refractivity contribution in [1.82, 2.24) is 15.5 Å². The van der Waals surface area contributed by atoms with Gasteiger partial charge in [-0.3, -0.25) is 0 Å². The molecule has 0 amide bonds. The number of guanidine groups is 1. The molecule has 0 saturated heterocycles. The zero-order valence-electron chi connectivity index (χ0n) is 10.0. The van der Waals surface area contributed by atoms with Gasteiger partial charge in [0.05, 0.1) is 6.54 Å². The zero-order chi connectivity index (χ0) is 12.0. The summed E-state index contributed by atoms with van der Waals surface area (Å²) in [5, 5.41) is 13.1. The van der Waals surface area contributed by atoms with E-state index >= 15 is 0 Å². The van der Waals surface area contributed by atoms with Gasteiger partial charge in [0, 0.05) is 6.04 Å². The van der Waals surface area contributed by atoms with E-state index in [1.165, 1.54) is 0 Å². The average Bonchev–Trinajstić information content (AvgIpc) is 2.74. The van der Waals surface area contributed by atoms with Gasteiger partial charge in [0.1, 0.15) is 10.0 Å². The summed E-state index contributed by atoms with van der Waals surface area (Å²) in [6, 6.07) is 0.351. The van der Waals surface area contributed by atoms with Gasteiger partial charge in [0.25, 0.3) is 0 Å². The fourth-order valence-electron chi connectivity index (χ4n) is 1.05. The van der Waals surface area contributed by atoms with Crippen molar-refractivity contribution >= 4 is 17.3 Å². The Kier molecular flexibility index (Phi) is 5.18. The van der Waals surface area contributed by atoms with E-state index in [4.69, 9.17) is 5.73 Å². The van der Waals surface area contributed by atoms with Gasteiger partial charge in [0.2, 0.25) is 0 Å². The third kappa shape index (κ3) is 4.14. The molecule has 16 heavy (non-hydrogen) atoms. The molecule has 5 nitrogen and oxygen atoms in total. The lowest BCUT2D eigenvalue weighted by molar-refractivity contribution is 0.636. The summed E-state index contributed by atoms with van der Waals surface area (Å²) in [6.07, 6.45) is 1.94. The average molecular weight is 241 g/mol. The molecule has 0 aliphatic heterocycles. The van der Waals surface area contributed by atoms with E-state index in [-0.39, 0.29) is 0 Å². The summed E-state index contributed by atoms with van der Waals surface area (Å²) in [5.74, 6) is 0.475. The number of nitrogens with zero attached hydrogens (tertiary/aromatic N) is 3. The van der Waals surface area contributed by atoms with Crippen molar-refractivity contribution in [3.05, 3.63) is 10.0 Å². The zero-order valence-corrected chi connectivity index (χ0v) is 10.8. The number of aromatic nitrogens is 2. The Morgan fingerprint density at radius 1 is 1.44 bits per heavy atom. The van der Waals surface area contributed by atoms with Crippen molar-refractivity contribution in [1.29, 1.82) is 0 Å². The highest BCUT2D eigenvalue weighted by Gasteiger charge is 2.02. The minimum absolute atomic E-state index is 0.351. The van der Waals surface area contributed by atoms with Gasteiger partial charge in [-0.25, -0.2) is 4.99 Å². The van der Waals surface area contributed by atoms with Crippen LogP contribution in [0.15, 0.2) is 4.99 Å². The lowest BCUT2D eigenvalue weighted by Gasteiger charge is -2.11. The predicted molar refractivity (Wildman–Crippen MR) is 67.5 cm³/mol. The molecule has 0 bridgehead atoms. The van der Waals surface area contributed by atoms with E-state index in [2.05, 4.69) is 41.3 Å². The fraction of sp³-hybridized carbons (Fsp3) is 0.700. The van der Waals surface area contributed by atoms with Crippen LogP contribution in [-0.4, -0.2) is 22.2 Å². The van der Waals surface area contributed by atoms with Crippen LogP contribution in [-0.2, 0) is 13.0 Å². The molecule has 3 N–H and O–H groups in total. The minimum atomic E-state index is 0.351. The fourth-order valence-corrected chi connectivity index (χ4v) is 1.76. The lowest BCUT2D eigenvalue weighted by atomic mass is 10.3. The van der Waals surface area contributed by atoms with Crippen LogP contribution < -0.4 is 11.1 Å². The van der Waals surface area contributed by atoms with Crippen LogP contribution in [0.25, 0.3) is 0 Å². The predicted octanol–water partition coefficient (Wildman–Crippen LogP) is 1.30. The highest BCUT2D eigenvalue weighted by Crippen LogP contribution is 2.10. The van der Waals surface area contributed by atoms with Crippen molar-refractivity contribution in [3.63, 3.8) is 0 Å². The summed E-state index contributed by atoms with van der Waals surface area (Å²) in [5.41, 5.74) is 5.73. The summed E-state index contributed by atoms with van der Waals surface area (Å²) in [7, 11) is 0. The largest absolute Gasteiger partial charge is 0.370 e. The molecular formula is C10H19N5S. The first-order chi connectivity index (χ1) is 7.65. The number of hydrogen-bond donors (Lipinski definition) is 2. The van der Waals surface area contributed by atoms with Gasteiger partial charge in [-0.2, -0.15) is 0 Å². The van der Waals surface area contributed by atoms with Crippen molar-refractivity contribution < 1.29 is 0 Å². The third-order valence-corrected chi connectivity index (χ3v) is 3.25. The summed E-state index contributed by atoms with van der Waals surface area (Å²) in [4.78, 5) is 4.22. The van der Waals surface area contributed by atoms with Crippen molar-refractivity contribution in [2.24, 2.45) is 10.7 Å². The van der Waals surface area contributed by atoms with Crippen LogP contribution in [0.5, 0.6) is 0 Å². The number of nitrogens with one attached hydrogen (secondary N) is 1. The van der Waals surface area contributed by atoms with Gasteiger partial charge < -0.3 is 11.1 Å². The van der Waals surface area contributed by atoms with E-state index in [1.54, 1.807) is 11.3 Å². The molecule has 1 atom stereocenters. The van der Waals surface area contributed by atoms with Crippen LogP contribution in [0.3, 0.4) is 0 Å². The van der Waals surface area contributed by atoms with Crippen molar-refractivity contribution in [2.75, 3.05) is 0 Å². The minimum Gasteiger partial charge on any atom is -0.370 e. The summed E-state index contributed by atoms with van der Waals surface area (Å²) < 4.78 is 0. The highest BCUT2D eigenvalue weighted by molar-refractivity contribution is 7.11. The Hall–Kier alpha value is -1.17. The maximum Gasteiger partial charge on any atom is 0.189 e. The molecule has 1 rings (SSSR count).